The molecule has 2 heterocycles. The van der Waals surface area contributed by atoms with Crippen molar-refractivity contribution in [3.8, 4) is 0 Å². The van der Waals surface area contributed by atoms with E-state index in [1.165, 1.54) is 16.2 Å². The predicted octanol–water partition coefficient (Wildman–Crippen LogP) is 3.52. The van der Waals surface area contributed by atoms with Gasteiger partial charge in [0, 0.05) is 13.1 Å². The van der Waals surface area contributed by atoms with Gasteiger partial charge in [-0.05, 0) is 47.3 Å². The zero-order chi connectivity index (χ0) is 17.8. The minimum Gasteiger partial charge on any atom is -0.350 e. The smallest absolute Gasteiger partial charge is 0.293 e. The molecule has 1 fully saturated rings. The van der Waals surface area contributed by atoms with Gasteiger partial charge in [-0.25, -0.2) is 0 Å². The van der Waals surface area contributed by atoms with Crippen molar-refractivity contribution in [1.29, 1.82) is 0 Å². The van der Waals surface area contributed by atoms with Gasteiger partial charge < -0.3 is 5.32 Å². The van der Waals surface area contributed by atoms with Crippen LogP contribution in [0.25, 0.3) is 6.08 Å². The Kier molecular flexibility index (Phi) is 5.35. The molecule has 1 aromatic heterocycles. The molecular weight excluding hydrogens is 356 g/mol. The topological polar surface area (TPSA) is 66.5 Å². The molecule has 0 spiro atoms. The number of aryl methyl sites for hydroxylation is 1. The molecule has 5 nitrogen and oxygen atoms in total. The van der Waals surface area contributed by atoms with Crippen LogP contribution in [-0.4, -0.2) is 35.0 Å². The van der Waals surface area contributed by atoms with E-state index in [2.05, 4.69) is 5.32 Å². The lowest BCUT2D eigenvalue weighted by molar-refractivity contribution is -0.122. The normalized spacial score (nSPS) is 15.9. The largest absolute Gasteiger partial charge is 0.350 e. The number of hydrogen-bond acceptors (Lipinski definition) is 5. The molecule has 1 aliphatic rings. The summed E-state index contributed by atoms with van der Waals surface area (Å²) in [7, 11) is 0. The summed E-state index contributed by atoms with van der Waals surface area (Å²) in [5.41, 5.74) is 1.79. The average molecular weight is 372 g/mol. The van der Waals surface area contributed by atoms with Crippen molar-refractivity contribution in [2.24, 2.45) is 0 Å². The van der Waals surface area contributed by atoms with Crippen LogP contribution in [0.1, 0.15) is 20.8 Å². The Labute approximate surface area is 153 Å². The Bertz CT molecular complexity index is 843. The molecule has 0 atom stereocenters. The van der Waals surface area contributed by atoms with Crippen molar-refractivity contribution < 1.29 is 14.4 Å². The van der Waals surface area contributed by atoms with Gasteiger partial charge in [0.2, 0.25) is 0 Å². The summed E-state index contributed by atoms with van der Waals surface area (Å²) in [6, 6.07) is 11.3. The van der Waals surface area contributed by atoms with Crippen molar-refractivity contribution >= 4 is 46.2 Å². The quantitative estimate of drug-likeness (QED) is 0.816. The third-order valence-corrected chi connectivity index (χ3v) is 5.58. The van der Waals surface area contributed by atoms with Gasteiger partial charge in [-0.3, -0.25) is 19.3 Å². The number of nitrogens with one attached hydrogen (secondary N) is 1. The third-order valence-electron chi connectivity index (χ3n) is 3.66. The summed E-state index contributed by atoms with van der Waals surface area (Å²) in [5.74, 6) is -0.500. The Morgan fingerprint density at radius 3 is 2.64 bits per heavy atom. The molecule has 1 aromatic carbocycles. The Hall–Kier alpha value is -2.38. The van der Waals surface area contributed by atoms with Gasteiger partial charge in [-0.15, -0.1) is 11.3 Å². The van der Waals surface area contributed by atoms with E-state index >= 15 is 0 Å². The zero-order valence-electron chi connectivity index (χ0n) is 13.5. The molecule has 1 saturated heterocycles. The molecule has 0 unspecified atom stereocenters. The average Bonchev–Trinajstić information content (AvgIpc) is 3.14. The van der Waals surface area contributed by atoms with E-state index in [9.17, 15) is 14.4 Å². The van der Waals surface area contributed by atoms with Gasteiger partial charge in [0.05, 0.1) is 9.78 Å². The maximum absolute atomic E-state index is 12.4. The van der Waals surface area contributed by atoms with E-state index in [4.69, 9.17) is 0 Å². The molecule has 1 aliphatic heterocycles. The van der Waals surface area contributed by atoms with Gasteiger partial charge >= 0.3 is 0 Å². The van der Waals surface area contributed by atoms with Crippen LogP contribution < -0.4 is 5.32 Å². The first-order valence-electron chi connectivity index (χ1n) is 7.69. The van der Waals surface area contributed by atoms with Gasteiger partial charge in [0.15, 0.2) is 0 Å². The number of benzene rings is 1. The summed E-state index contributed by atoms with van der Waals surface area (Å²) < 4.78 is 0. The highest BCUT2D eigenvalue weighted by Crippen LogP contribution is 2.31. The van der Waals surface area contributed by atoms with Crippen molar-refractivity contribution in [2.75, 3.05) is 13.1 Å². The molecule has 1 N–H and O–H groups in total. The number of thioether (sulfide) groups is 1. The fraction of sp³-hybridized carbons (Fsp3) is 0.167. The van der Waals surface area contributed by atoms with Gasteiger partial charge in [0.25, 0.3) is 17.1 Å². The van der Waals surface area contributed by atoms with Gasteiger partial charge in [-0.1, -0.05) is 30.3 Å². The maximum Gasteiger partial charge on any atom is 0.293 e. The SMILES string of the molecule is Cc1ccsc1C(=O)NCCN1C(=O)S/C(=C/c2ccccc2)C1=O. The lowest BCUT2D eigenvalue weighted by Gasteiger charge is -2.12. The summed E-state index contributed by atoms with van der Waals surface area (Å²) in [6.07, 6.45) is 1.71. The number of hydrogen-bond donors (Lipinski definition) is 1. The molecule has 128 valence electrons. The van der Waals surface area contributed by atoms with Crippen molar-refractivity contribution in [2.45, 2.75) is 6.92 Å². The molecule has 0 aliphatic carbocycles. The highest BCUT2D eigenvalue weighted by molar-refractivity contribution is 8.18. The standard InChI is InChI=1S/C18H16N2O3S2/c1-12-7-10-24-15(12)16(21)19-8-9-20-17(22)14(25-18(20)23)11-13-5-3-2-4-6-13/h2-7,10-11H,8-9H2,1H3,(H,19,21)/b14-11+. The summed E-state index contributed by atoms with van der Waals surface area (Å²) in [4.78, 5) is 38.7. The predicted molar refractivity (Wildman–Crippen MR) is 101 cm³/mol. The van der Waals surface area contributed by atoms with Crippen LogP contribution in [0, 0.1) is 6.92 Å². The first-order chi connectivity index (χ1) is 12.1. The lowest BCUT2D eigenvalue weighted by Crippen LogP contribution is -2.37. The molecule has 3 rings (SSSR count). The highest BCUT2D eigenvalue weighted by Gasteiger charge is 2.34. The molecule has 0 bridgehead atoms. The van der Waals surface area contributed by atoms with E-state index in [1.54, 1.807) is 6.08 Å². The number of amides is 3. The Balaban J connectivity index is 1.59. The van der Waals surface area contributed by atoms with Crippen LogP contribution >= 0.6 is 23.1 Å². The number of carbonyl (C=O) groups is 3. The monoisotopic (exact) mass is 372 g/mol. The first kappa shape index (κ1) is 17.4. The first-order valence-corrected chi connectivity index (χ1v) is 9.38. The third kappa shape index (κ3) is 4.00. The molecule has 25 heavy (non-hydrogen) atoms. The summed E-state index contributed by atoms with van der Waals surface area (Å²) in [5, 5.41) is 4.30. The van der Waals surface area contributed by atoms with E-state index in [-0.39, 0.29) is 30.1 Å². The number of nitrogens with zero attached hydrogens (tertiary/aromatic N) is 1. The number of thiophene rings is 1. The lowest BCUT2D eigenvalue weighted by atomic mass is 10.2. The zero-order valence-corrected chi connectivity index (χ0v) is 15.2. The van der Waals surface area contributed by atoms with E-state index in [1.807, 2.05) is 48.7 Å². The Morgan fingerprint density at radius 1 is 1.20 bits per heavy atom. The summed E-state index contributed by atoms with van der Waals surface area (Å²) >= 11 is 2.29. The molecule has 3 amide bonds. The van der Waals surface area contributed by atoms with E-state index < -0.39 is 0 Å². The molecular formula is C18H16N2O3S2. The van der Waals surface area contributed by atoms with Crippen molar-refractivity contribution in [3.05, 3.63) is 62.7 Å². The van der Waals surface area contributed by atoms with Crippen LogP contribution in [0.5, 0.6) is 0 Å². The highest BCUT2D eigenvalue weighted by atomic mass is 32.2. The molecule has 2 aromatic rings. The van der Waals surface area contributed by atoms with Crippen LogP contribution in [-0.2, 0) is 4.79 Å². The fourth-order valence-corrected chi connectivity index (χ4v) is 4.07. The second-order valence-electron chi connectivity index (χ2n) is 5.43. The second-order valence-corrected chi connectivity index (χ2v) is 7.34. The minimum absolute atomic E-state index is 0.160. The second kappa shape index (κ2) is 7.67. The molecule has 7 heteroatoms. The van der Waals surface area contributed by atoms with Crippen molar-refractivity contribution in [3.63, 3.8) is 0 Å². The minimum atomic E-state index is -0.319. The molecule has 0 saturated carbocycles. The van der Waals surface area contributed by atoms with Gasteiger partial charge in [0.1, 0.15) is 0 Å². The maximum atomic E-state index is 12.4. The van der Waals surface area contributed by atoms with E-state index in [0.717, 1.165) is 22.9 Å². The van der Waals surface area contributed by atoms with Crippen LogP contribution in [0.4, 0.5) is 4.79 Å². The molecule has 0 radical (unpaired) electrons. The number of carbonyl (C=O) groups excluding carboxylic acids is 3. The van der Waals surface area contributed by atoms with Crippen LogP contribution in [0.3, 0.4) is 0 Å². The summed E-state index contributed by atoms with van der Waals surface area (Å²) in [6.45, 7) is 2.26. The fourth-order valence-electron chi connectivity index (χ4n) is 2.36. The van der Waals surface area contributed by atoms with Gasteiger partial charge in [-0.2, -0.15) is 0 Å². The number of imide groups is 1. The van der Waals surface area contributed by atoms with Crippen LogP contribution in [0.15, 0.2) is 46.7 Å². The Morgan fingerprint density at radius 2 is 1.96 bits per heavy atom. The number of rotatable bonds is 5. The van der Waals surface area contributed by atoms with E-state index in [0.29, 0.717) is 9.78 Å². The van der Waals surface area contributed by atoms with Crippen molar-refractivity contribution in [1.82, 2.24) is 10.2 Å². The van der Waals surface area contributed by atoms with Crippen LogP contribution in [0.2, 0.25) is 0 Å².